The Bertz CT molecular complexity index is 884. The van der Waals surface area contributed by atoms with Crippen LogP contribution < -0.4 is 16.1 Å². The van der Waals surface area contributed by atoms with E-state index < -0.39 is 0 Å². The number of hydrogen-bond donors (Lipinski definition) is 1. The number of anilines is 1. The van der Waals surface area contributed by atoms with Gasteiger partial charge < -0.3 is 14.9 Å². The van der Waals surface area contributed by atoms with E-state index in [4.69, 9.17) is 14.9 Å². The highest BCUT2D eigenvalue weighted by Gasteiger charge is 2.08. The van der Waals surface area contributed by atoms with Crippen LogP contribution in [0, 0.1) is 13.8 Å². The molecule has 2 aromatic heterocycles. The molecule has 3 aromatic rings. The number of aromatic nitrogens is 1. The topological polar surface area (TPSA) is 78.3 Å². The van der Waals surface area contributed by atoms with Crippen molar-refractivity contribution in [3.8, 4) is 11.6 Å². The van der Waals surface area contributed by atoms with Gasteiger partial charge in [-0.05, 0) is 43.2 Å². The van der Waals surface area contributed by atoms with E-state index in [1.165, 1.54) is 6.07 Å². The largest absolute Gasteiger partial charge is 0.437 e. The van der Waals surface area contributed by atoms with Gasteiger partial charge >= 0.3 is 5.63 Å². The summed E-state index contributed by atoms with van der Waals surface area (Å²) in [6.45, 7) is 3.74. The summed E-state index contributed by atoms with van der Waals surface area (Å²) in [5.41, 5.74) is 8.27. The fourth-order valence-electron chi connectivity index (χ4n) is 2.11. The van der Waals surface area contributed by atoms with Crippen molar-refractivity contribution in [2.24, 2.45) is 0 Å². The van der Waals surface area contributed by atoms with Gasteiger partial charge in [0.25, 0.3) is 0 Å². The van der Waals surface area contributed by atoms with Gasteiger partial charge in [0.15, 0.2) is 0 Å². The third-order valence-corrected chi connectivity index (χ3v) is 3.31. The number of nitrogen functional groups attached to an aromatic ring is 1. The van der Waals surface area contributed by atoms with E-state index >= 15 is 0 Å². The molecule has 0 fully saturated rings. The van der Waals surface area contributed by atoms with Crippen molar-refractivity contribution in [2.75, 3.05) is 5.73 Å². The summed E-state index contributed by atoms with van der Waals surface area (Å²) in [6, 6.07) is 8.56. The SMILES string of the molecule is Cc1ccnc(Oc2ccc3c(C)cc(=O)oc3c2)c1N. The molecular formula is C16H14N2O3. The van der Waals surface area contributed by atoms with Gasteiger partial charge in [-0.15, -0.1) is 0 Å². The first-order valence-electron chi connectivity index (χ1n) is 6.48. The van der Waals surface area contributed by atoms with Gasteiger partial charge in [-0.25, -0.2) is 9.78 Å². The predicted octanol–water partition coefficient (Wildman–Crippen LogP) is 3.18. The molecule has 1 aromatic carbocycles. The number of pyridine rings is 1. The second kappa shape index (κ2) is 4.94. The minimum Gasteiger partial charge on any atom is -0.437 e. The van der Waals surface area contributed by atoms with E-state index in [2.05, 4.69) is 4.98 Å². The molecule has 0 radical (unpaired) electrons. The highest BCUT2D eigenvalue weighted by atomic mass is 16.5. The van der Waals surface area contributed by atoms with Gasteiger partial charge in [0.05, 0.1) is 5.69 Å². The van der Waals surface area contributed by atoms with Crippen molar-refractivity contribution in [1.29, 1.82) is 0 Å². The Morgan fingerprint density at radius 2 is 1.95 bits per heavy atom. The van der Waals surface area contributed by atoms with Crippen LogP contribution in [-0.2, 0) is 0 Å². The molecule has 106 valence electrons. The monoisotopic (exact) mass is 282 g/mol. The molecule has 0 aliphatic carbocycles. The highest BCUT2D eigenvalue weighted by Crippen LogP contribution is 2.29. The lowest BCUT2D eigenvalue weighted by Crippen LogP contribution is -1.99. The van der Waals surface area contributed by atoms with Crippen LogP contribution in [0.3, 0.4) is 0 Å². The average molecular weight is 282 g/mol. The molecule has 0 aliphatic rings. The molecule has 0 amide bonds. The number of nitrogens with two attached hydrogens (primary N) is 1. The Balaban J connectivity index is 2.05. The molecule has 2 N–H and O–H groups in total. The lowest BCUT2D eigenvalue weighted by molar-refractivity contribution is 0.463. The predicted molar refractivity (Wildman–Crippen MR) is 80.7 cm³/mol. The van der Waals surface area contributed by atoms with Gasteiger partial charge in [-0.1, -0.05) is 0 Å². The highest BCUT2D eigenvalue weighted by molar-refractivity contribution is 5.81. The summed E-state index contributed by atoms with van der Waals surface area (Å²) in [4.78, 5) is 15.5. The summed E-state index contributed by atoms with van der Waals surface area (Å²) in [6.07, 6.45) is 1.63. The van der Waals surface area contributed by atoms with E-state index in [0.29, 0.717) is 22.9 Å². The summed E-state index contributed by atoms with van der Waals surface area (Å²) in [5.74, 6) is 0.852. The Hall–Kier alpha value is -2.82. The van der Waals surface area contributed by atoms with Crippen molar-refractivity contribution in [3.05, 3.63) is 58.1 Å². The van der Waals surface area contributed by atoms with Gasteiger partial charge in [0, 0.05) is 23.7 Å². The molecule has 0 bridgehead atoms. The maximum Gasteiger partial charge on any atom is 0.336 e. The number of nitrogens with zero attached hydrogens (tertiary/aromatic N) is 1. The Morgan fingerprint density at radius 1 is 1.14 bits per heavy atom. The van der Waals surface area contributed by atoms with Crippen molar-refractivity contribution in [2.45, 2.75) is 13.8 Å². The van der Waals surface area contributed by atoms with Crippen LogP contribution >= 0.6 is 0 Å². The van der Waals surface area contributed by atoms with E-state index in [0.717, 1.165) is 16.5 Å². The van der Waals surface area contributed by atoms with Crippen molar-refractivity contribution in [1.82, 2.24) is 4.98 Å². The van der Waals surface area contributed by atoms with Crippen LogP contribution in [-0.4, -0.2) is 4.98 Å². The number of ether oxygens (including phenoxy) is 1. The molecule has 21 heavy (non-hydrogen) atoms. The second-order valence-electron chi connectivity index (χ2n) is 4.86. The molecule has 0 spiro atoms. The molecule has 0 unspecified atom stereocenters. The van der Waals surface area contributed by atoms with Gasteiger partial charge in [0.1, 0.15) is 11.3 Å². The zero-order chi connectivity index (χ0) is 15.0. The van der Waals surface area contributed by atoms with Gasteiger partial charge in [-0.2, -0.15) is 0 Å². The average Bonchev–Trinajstić information content (AvgIpc) is 2.43. The quantitative estimate of drug-likeness (QED) is 0.730. The Labute approximate surface area is 121 Å². The first-order chi connectivity index (χ1) is 10.0. The minimum atomic E-state index is -0.384. The third kappa shape index (κ3) is 2.45. The first kappa shape index (κ1) is 13.2. The molecule has 2 heterocycles. The Kier molecular flexibility index (Phi) is 3.10. The molecule has 0 saturated heterocycles. The van der Waals surface area contributed by atoms with Crippen molar-refractivity contribution in [3.63, 3.8) is 0 Å². The maximum atomic E-state index is 11.4. The summed E-state index contributed by atoms with van der Waals surface area (Å²) in [5, 5.41) is 0.868. The summed E-state index contributed by atoms with van der Waals surface area (Å²) >= 11 is 0. The van der Waals surface area contributed by atoms with E-state index in [9.17, 15) is 4.79 Å². The number of hydrogen-bond acceptors (Lipinski definition) is 5. The number of aryl methyl sites for hydroxylation is 2. The number of fused-ring (bicyclic) bond motifs is 1. The smallest absolute Gasteiger partial charge is 0.336 e. The molecule has 0 atom stereocenters. The molecule has 0 aliphatic heterocycles. The zero-order valence-electron chi connectivity index (χ0n) is 11.7. The minimum absolute atomic E-state index is 0.337. The van der Waals surface area contributed by atoms with Crippen LogP contribution in [0.4, 0.5) is 5.69 Å². The van der Waals surface area contributed by atoms with E-state index in [-0.39, 0.29) is 5.63 Å². The van der Waals surface area contributed by atoms with Gasteiger partial charge in [0.2, 0.25) is 5.88 Å². The fourth-order valence-corrected chi connectivity index (χ4v) is 2.11. The molecule has 0 saturated carbocycles. The zero-order valence-corrected chi connectivity index (χ0v) is 11.7. The normalized spacial score (nSPS) is 10.8. The van der Waals surface area contributed by atoms with Crippen LogP contribution in [0.15, 0.2) is 45.7 Å². The van der Waals surface area contributed by atoms with Crippen LogP contribution in [0.5, 0.6) is 11.6 Å². The standard InChI is InChI=1S/C16H14N2O3/c1-9-5-6-18-16(15(9)17)20-11-3-4-12-10(2)7-14(19)21-13(12)8-11/h3-8H,17H2,1-2H3. The van der Waals surface area contributed by atoms with Crippen molar-refractivity contribution >= 4 is 16.7 Å². The van der Waals surface area contributed by atoms with Crippen LogP contribution in [0.2, 0.25) is 0 Å². The lowest BCUT2D eigenvalue weighted by Gasteiger charge is -2.09. The van der Waals surface area contributed by atoms with Crippen molar-refractivity contribution < 1.29 is 9.15 Å². The first-order valence-corrected chi connectivity index (χ1v) is 6.48. The summed E-state index contributed by atoms with van der Waals surface area (Å²) in [7, 11) is 0. The fraction of sp³-hybridized carbons (Fsp3) is 0.125. The van der Waals surface area contributed by atoms with Gasteiger partial charge in [-0.3, -0.25) is 0 Å². The third-order valence-electron chi connectivity index (χ3n) is 3.31. The maximum absolute atomic E-state index is 11.4. The Morgan fingerprint density at radius 3 is 2.76 bits per heavy atom. The molecule has 5 nitrogen and oxygen atoms in total. The van der Waals surface area contributed by atoms with Crippen LogP contribution in [0.1, 0.15) is 11.1 Å². The van der Waals surface area contributed by atoms with E-state index in [1.807, 2.05) is 26.0 Å². The summed E-state index contributed by atoms with van der Waals surface area (Å²) < 4.78 is 10.9. The number of benzene rings is 1. The van der Waals surface area contributed by atoms with E-state index in [1.54, 1.807) is 18.3 Å². The molecule has 5 heteroatoms. The lowest BCUT2D eigenvalue weighted by atomic mass is 10.1. The van der Waals surface area contributed by atoms with Crippen LogP contribution in [0.25, 0.3) is 11.0 Å². The number of rotatable bonds is 2. The molecular weight excluding hydrogens is 268 g/mol. The second-order valence-corrected chi connectivity index (χ2v) is 4.86. The molecule has 3 rings (SSSR count).